The van der Waals surface area contributed by atoms with E-state index in [-0.39, 0.29) is 0 Å². The van der Waals surface area contributed by atoms with Crippen LogP contribution in [-0.4, -0.2) is 17.0 Å². The highest BCUT2D eigenvalue weighted by Gasteiger charge is 2.09. The van der Waals surface area contributed by atoms with E-state index in [0.29, 0.717) is 0 Å². The van der Waals surface area contributed by atoms with Crippen molar-refractivity contribution in [1.82, 2.24) is 9.97 Å². The van der Waals surface area contributed by atoms with Gasteiger partial charge in [-0.2, -0.15) is 0 Å². The summed E-state index contributed by atoms with van der Waals surface area (Å²) in [4.78, 5) is 11.0. The first-order chi connectivity index (χ1) is 10.1. The third kappa shape index (κ3) is 2.87. The van der Waals surface area contributed by atoms with Gasteiger partial charge in [0.2, 0.25) is 0 Å². The average Bonchev–Trinajstić information content (AvgIpc) is 2.49. The van der Waals surface area contributed by atoms with Gasteiger partial charge in [0.05, 0.1) is 5.52 Å². The number of nitrogens with zero attached hydrogens (tertiary/aromatic N) is 3. The lowest BCUT2D eigenvalue weighted by molar-refractivity contribution is 0.899. The van der Waals surface area contributed by atoms with Gasteiger partial charge in [0.25, 0.3) is 0 Å². The lowest BCUT2D eigenvalue weighted by Gasteiger charge is -2.20. The molecule has 1 aromatic heterocycles. The Morgan fingerprint density at radius 1 is 0.905 bits per heavy atom. The summed E-state index contributed by atoms with van der Waals surface area (Å²) in [7, 11) is 2.07. The monoisotopic (exact) mass is 277 g/mol. The minimum absolute atomic E-state index is 0.834. The van der Waals surface area contributed by atoms with E-state index in [1.807, 2.05) is 0 Å². The second kappa shape index (κ2) is 5.52. The normalized spacial score (nSPS) is 10.8. The Morgan fingerprint density at radius 3 is 2.38 bits per heavy atom. The second-order valence-electron chi connectivity index (χ2n) is 5.56. The van der Waals surface area contributed by atoms with E-state index in [1.54, 1.807) is 6.33 Å². The summed E-state index contributed by atoms with van der Waals surface area (Å²) < 4.78 is 0. The zero-order valence-corrected chi connectivity index (χ0v) is 12.7. The highest BCUT2D eigenvalue weighted by atomic mass is 15.2. The molecule has 0 atom stereocenters. The van der Waals surface area contributed by atoms with Crippen molar-refractivity contribution in [3.63, 3.8) is 0 Å². The highest BCUT2D eigenvalue weighted by molar-refractivity contribution is 5.89. The molecule has 0 aliphatic heterocycles. The Bertz CT molecular complexity index is 763. The maximum absolute atomic E-state index is 4.48. The number of hydrogen-bond acceptors (Lipinski definition) is 3. The summed E-state index contributed by atoms with van der Waals surface area (Å²) in [5.41, 5.74) is 4.77. The molecule has 0 bridgehead atoms. The molecule has 0 N–H and O–H groups in total. The molecule has 0 unspecified atom stereocenters. The van der Waals surface area contributed by atoms with Gasteiger partial charge in [-0.1, -0.05) is 41.5 Å². The van der Waals surface area contributed by atoms with Gasteiger partial charge in [0, 0.05) is 19.0 Å². The Hall–Kier alpha value is -2.42. The summed E-state index contributed by atoms with van der Waals surface area (Å²) in [5.74, 6) is 0.976. The summed E-state index contributed by atoms with van der Waals surface area (Å²) in [6.45, 7) is 5.03. The minimum Gasteiger partial charge on any atom is -0.355 e. The predicted octanol–water partition coefficient (Wildman–Crippen LogP) is 3.88. The maximum Gasteiger partial charge on any atom is 0.139 e. The molecule has 0 aliphatic carbocycles. The third-order valence-corrected chi connectivity index (χ3v) is 3.67. The van der Waals surface area contributed by atoms with Crippen LogP contribution in [0.4, 0.5) is 5.82 Å². The SMILES string of the molecule is Cc1ccc(CN(C)c2ncnc3ccc(C)cc23)cc1. The van der Waals surface area contributed by atoms with Crippen LogP contribution in [0.25, 0.3) is 10.9 Å². The number of rotatable bonds is 3. The molecule has 3 rings (SSSR count). The van der Waals surface area contributed by atoms with E-state index < -0.39 is 0 Å². The molecule has 0 radical (unpaired) electrons. The number of benzene rings is 2. The molecule has 3 heteroatoms. The van der Waals surface area contributed by atoms with Crippen LogP contribution in [0.5, 0.6) is 0 Å². The molecule has 0 amide bonds. The fourth-order valence-electron chi connectivity index (χ4n) is 2.50. The maximum atomic E-state index is 4.48. The van der Waals surface area contributed by atoms with E-state index in [0.717, 1.165) is 23.3 Å². The van der Waals surface area contributed by atoms with Crippen molar-refractivity contribution in [3.05, 3.63) is 65.5 Å². The highest BCUT2D eigenvalue weighted by Crippen LogP contribution is 2.24. The molecule has 106 valence electrons. The first-order valence-electron chi connectivity index (χ1n) is 7.11. The van der Waals surface area contributed by atoms with Gasteiger partial charge in [0.1, 0.15) is 12.1 Å². The molecule has 1 heterocycles. The van der Waals surface area contributed by atoms with Crippen molar-refractivity contribution in [1.29, 1.82) is 0 Å². The number of hydrogen-bond donors (Lipinski definition) is 0. The molecule has 3 nitrogen and oxygen atoms in total. The first-order valence-corrected chi connectivity index (χ1v) is 7.11. The first kappa shape index (κ1) is 13.6. The topological polar surface area (TPSA) is 29.0 Å². The molecule has 0 spiro atoms. The standard InChI is InChI=1S/C18H19N3/c1-13-4-7-15(8-5-13)11-21(3)18-16-10-14(2)6-9-17(16)19-12-20-18/h4-10,12H,11H2,1-3H3. The molecule has 21 heavy (non-hydrogen) atoms. The van der Waals surface area contributed by atoms with Crippen LogP contribution < -0.4 is 4.90 Å². The zero-order chi connectivity index (χ0) is 14.8. The molecule has 0 saturated heterocycles. The fourth-order valence-corrected chi connectivity index (χ4v) is 2.50. The van der Waals surface area contributed by atoms with Crippen molar-refractivity contribution in [2.75, 3.05) is 11.9 Å². The van der Waals surface area contributed by atoms with E-state index >= 15 is 0 Å². The van der Waals surface area contributed by atoms with Gasteiger partial charge < -0.3 is 4.90 Å². The number of fused-ring (bicyclic) bond motifs is 1. The third-order valence-electron chi connectivity index (χ3n) is 3.67. The number of aromatic nitrogens is 2. The molecule has 3 aromatic rings. The molecular weight excluding hydrogens is 258 g/mol. The van der Waals surface area contributed by atoms with Gasteiger partial charge in [-0.3, -0.25) is 0 Å². The zero-order valence-electron chi connectivity index (χ0n) is 12.7. The lowest BCUT2D eigenvalue weighted by Crippen LogP contribution is -2.18. The second-order valence-corrected chi connectivity index (χ2v) is 5.56. The molecule has 0 aliphatic rings. The van der Waals surface area contributed by atoms with E-state index in [1.165, 1.54) is 16.7 Å². The summed E-state index contributed by atoms with van der Waals surface area (Å²) in [6, 6.07) is 14.9. The van der Waals surface area contributed by atoms with Crippen molar-refractivity contribution in [2.45, 2.75) is 20.4 Å². The van der Waals surface area contributed by atoms with E-state index in [4.69, 9.17) is 0 Å². The van der Waals surface area contributed by atoms with Gasteiger partial charge in [-0.05, 0) is 31.5 Å². The molecule has 0 fully saturated rings. The molecule has 0 saturated carbocycles. The molecular formula is C18H19N3. The van der Waals surface area contributed by atoms with Crippen LogP contribution in [0, 0.1) is 13.8 Å². The molecule has 2 aromatic carbocycles. The van der Waals surface area contributed by atoms with Crippen LogP contribution in [0.3, 0.4) is 0 Å². The Labute approximate surface area is 125 Å². The minimum atomic E-state index is 0.834. The van der Waals surface area contributed by atoms with Crippen molar-refractivity contribution >= 4 is 16.7 Å². The van der Waals surface area contributed by atoms with Crippen LogP contribution in [0.2, 0.25) is 0 Å². The summed E-state index contributed by atoms with van der Waals surface area (Å²) >= 11 is 0. The van der Waals surface area contributed by atoms with Crippen LogP contribution >= 0.6 is 0 Å². The van der Waals surface area contributed by atoms with Crippen molar-refractivity contribution in [3.8, 4) is 0 Å². The number of aryl methyl sites for hydroxylation is 2. The Kier molecular flexibility index (Phi) is 3.57. The number of anilines is 1. The predicted molar refractivity (Wildman–Crippen MR) is 87.6 cm³/mol. The lowest BCUT2D eigenvalue weighted by atomic mass is 10.1. The van der Waals surface area contributed by atoms with Gasteiger partial charge in [-0.15, -0.1) is 0 Å². The average molecular weight is 277 g/mol. The van der Waals surface area contributed by atoms with Crippen LogP contribution in [0.15, 0.2) is 48.8 Å². The smallest absolute Gasteiger partial charge is 0.139 e. The largest absolute Gasteiger partial charge is 0.355 e. The van der Waals surface area contributed by atoms with Gasteiger partial charge >= 0.3 is 0 Å². The fraction of sp³-hybridized carbons (Fsp3) is 0.222. The van der Waals surface area contributed by atoms with Crippen molar-refractivity contribution < 1.29 is 0 Å². The van der Waals surface area contributed by atoms with E-state index in [9.17, 15) is 0 Å². The Balaban J connectivity index is 1.95. The van der Waals surface area contributed by atoms with Gasteiger partial charge in [-0.25, -0.2) is 9.97 Å². The van der Waals surface area contributed by atoms with Gasteiger partial charge in [0.15, 0.2) is 0 Å². The van der Waals surface area contributed by atoms with Crippen molar-refractivity contribution in [2.24, 2.45) is 0 Å². The summed E-state index contributed by atoms with van der Waals surface area (Å²) in [5, 5.41) is 1.10. The summed E-state index contributed by atoms with van der Waals surface area (Å²) in [6.07, 6.45) is 1.64. The Morgan fingerprint density at radius 2 is 1.62 bits per heavy atom. The quantitative estimate of drug-likeness (QED) is 0.727. The van der Waals surface area contributed by atoms with E-state index in [2.05, 4.69) is 78.2 Å². The van der Waals surface area contributed by atoms with Crippen LogP contribution in [0.1, 0.15) is 16.7 Å². The van der Waals surface area contributed by atoms with Crippen LogP contribution in [-0.2, 0) is 6.54 Å².